The van der Waals surface area contributed by atoms with Crippen LogP contribution in [0.2, 0.25) is 0 Å². The maximum atomic E-state index is 11.7. The maximum Gasteiger partial charge on any atom is 0.310 e. The Morgan fingerprint density at radius 3 is 2.42 bits per heavy atom. The minimum atomic E-state index is -0.825. The van der Waals surface area contributed by atoms with Gasteiger partial charge in [0.2, 0.25) is 0 Å². The van der Waals surface area contributed by atoms with Crippen molar-refractivity contribution in [3.05, 3.63) is 41.0 Å². The van der Waals surface area contributed by atoms with Gasteiger partial charge in [-0.15, -0.1) is 0 Å². The van der Waals surface area contributed by atoms with Gasteiger partial charge in [0.25, 0.3) is 0 Å². The Kier molecular flexibility index (Phi) is 4.15. The molecule has 0 heterocycles. The summed E-state index contributed by atoms with van der Waals surface area (Å²) >= 11 is 0. The first-order chi connectivity index (χ1) is 9.08. The van der Waals surface area contributed by atoms with Crippen LogP contribution < -0.4 is 0 Å². The molecule has 1 unspecified atom stereocenters. The normalized spacial score (nSPS) is 19.4. The van der Waals surface area contributed by atoms with Crippen LogP contribution in [0, 0.1) is 0 Å². The summed E-state index contributed by atoms with van der Waals surface area (Å²) in [7, 11) is 0. The second-order valence-corrected chi connectivity index (χ2v) is 5.03. The van der Waals surface area contributed by atoms with E-state index in [1.165, 1.54) is 0 Å². The highest BCUT2D eigenvalue weighted by atomic mass is 16.4. The van der Waals surface area contributed by atoms with Gasteiger partial charge in [-0.25, -0.2) is 0 Å². The molecular weight excluding hydrogens is 240 g/mol. The maximum absolute atomic E-state index is 11.7. The zero-order valence-electron chi connectivity index (χ0n) is 11.1. The van der Waals surface area contributed by atoms with Gasteiger partial charge < -0.3 is 5.11 Å². The average molecular weight is 258 g/mol. The lowest BCUT2D eigenvalue weighted by molar-refractivity contribution is -0.138. The number of carbonyl (C=O) groups excluding carboxylic acids is 1. The number of hydrogen-bond donors (Lipinski definition) is 1. The summed E-state index contributed by atoms with van der Waals surface area (Å²) in [5, 5.41) is 8.94. The van der Waals surface area contributed by atoms with Crippen LogP contribution in [-0.2, 0) is 9.59 Å². The third-order valence-corrected chi connectivity index (χ3v) is 3.61. The second-order valence-electron chi connectivity index (χ2n) is 5.03. The summed E-state index contributed by atoms with van der Waals surface area (Å²) in [6, 6.07) is 7.39. The Balaban J connectivity index is 2.16. The van der Waals surface area contributed by atoms with Crippen molar-refractivity contribution in [2.75, 3.05) is 0 Å². The van der Waals surface area contributed by atoms with Crippen LogP contribution in [0.25, 0.3) is 6.08 Å². The Morgan fingerprint density at radius 1 is 1.21 bits per heavy atom. The van der Waals surface area contributed by atoms with Gasteiger partial charge in [-0.05, 0) is 49.0 Å². The van der Waals surface area contributed by atoms with Gasteiger partial charge in [0, 0.05) is 6.42 Å². The topological polar surface area (TPSA) is 54.4 Å². The van der Waals surface area contributed by atoms with Crippen LogP contribution in [0.3, 0.4) is 0 Å². The fourth-order valence-electron chi connectivity index (χ4n) is 2.28. The molecule has 1 saturated carbocycles. The van der Waals surface area contributed by atoms with Crippen molar-refractivity contribution < 1.29 is 14.7 Å². The van der Waals surface area contributed by atoms with E-state index in [2.05, 4.69) is 0 Å². The Labute approximate surface area is 113 Å². The molecule has 0 spiro atoms. The summed E-state index contributed by atoms with van der Waals surface area (Å²) in [6.07, 6.45) is 5.50. The molecular formula is C16H18O3. The zero-order valence-corrected chi connectivity index (χ0v) is 11.1. The van der Waals surface area contributed by atoms with Crippen molar-refractivity contribution in [1.82, 2.24) is 0 Å². The molecule has 0 aromatic heterocycles. The third-order valence-electron chi connectivity index (χ3n) is 3.61. The highest BCUT2D eigenvalue weighted by molar-refractivity contribution is 6.00. The summed E-state index contributed by atoms with van der Waals surface area (Å²) in [5.41, 5.74) is 2.64. The van der Waals surface area contributed by atoms with Gasteiger partial charge in [0.15, 0.2) is 5.78 Å². The summed E-state index contributed by atoms with van der Waals surface area (Å²) in [5.74, 6) is -1.08. The lowest BCUT2D eigenvalue weighted by Crippen LogP contribution is -2.08. The Hall–Kier alpha value is -1.90. The fraction of sp³-hybridized carbons (Fsp3) is 0.375. The first kappa shape index (κ1) is 13.5. The monoisotopic (exact) mass is 258 g/mol. The Morgan fingerprint density at radius 2 is 1.84 bits per heavy atom. The number of allylic oxidation sites excluding steroid dienone is 1. The summed E-state index contributed by atoms with van der Waals surface area (Å²) in [6.45, 7) is 1.67. The molecule has 1 fully saturated rings. The molecule has 1 aliphatic carbocycles. The zero-order chi connectivity index (χ0) is 13.8. The number of benzene rings is 1. The number of Topliss-reactive ketones (excluding diaryl/α,β-unsaturated/α-hetero) is 1. The van der Waals surface area contributed by atoms with E-state index in [0.29, 0.717) is 6.42 Å². The van der Waals surface area contributed by atoms with Crippen molar-refractivity contribution in [2.24, 2.45) is 0 Å². The van der Waals surface area contributed by atoms with Gasteiger partial charge in [-0.3, -0.25) is 9.59 Å². The SMILES string of the molecule is CC(C(=O)O)c1ccc(/C=C2/CCCCC2=O)cc1. The number of carbonyl (C=O) groups is 2. The van der Waals surface area contributed by atoms with Gasteiger partial charge in [-0.2, -0.15) is 0 Å². The van der Waals surface area contributed by atoms with Crippen molar-refractivity contribution >= 4 is 17.8 Å². The minimum Gasteiger partial charge on any atom is -0.481 e. The quantitative estimate of drug-likeness (QED) is 0.845. The lowest BCUT2D eigenvalue weighted by Gasteiger charge is -2.12. The van der Waals surface area contributed by atoms with Crippen LogP contribution in [0.5, 0.6) is 0 Å². The molecule has 0 amide bonds. The largest absolute Gasteiger partial charge is 0.481 e. The number of carboxylic acids is 1. The van der Waals surface area contributed by atoms with E-state index < -0.39 is 11.9 Å². The van der Waals surface area contributed by atoms with Crippen LogP contribution in [0.15, 0.2) is 29.8 Å². The van der Waals surface area contributed by atoms with Gasteiger partial charge in [0.1, 0.15) is 0 Å². The predicted molar refractivity (Wildman–Crippen MR) is 73.9 cm³/mol. The number of carboxylic acid groups (broad SMARTS) is 1. The van der Waals surface area contributed by atoms with E-state index in [-0.39, 0.29) is 5.78 Å². The molecule has 1 atom stereocenters. The number of aliphatic carboxylic acids is 1. The van der Waals surface area contributed by atoms with Crippen LogP contribution >= 0.6 is 0 Å². The molecule has 1 N–H and O–H groups in total. The second kappa shape index (κ2) is 5.83. The molecule has 1 aromatic carbocycles. The fourth-order valence-corrected chi connectivity index (χ4v) is 2.28. The van der Waals surface area contributed by atoms with Gasteiger partial charge >= 0.3 is 5.97 Å². The molecule has 2 rings (SSSR count). The smallest absolute Gasteiger partial charge is 0.310 e. The highest BCUT2D eigenvalue weighted by Gasteiger charge is 2.15. The van der Waals surface area contributed by atoms with Gasteiger partial charge in [-0.1, -0.05) is 24.3 Å². The van der Waals surface area contributed by atoms with Crippen molar-refractivity contribution in [3.8, 4) is 0 Å². The number of rotatable bonds is 3. The minimum absolute atomic E-state index is 0.245. The molecule has 0 radical (unpaired) electrons. The van der Waals surface area contributed by atoms with Crippen LogP contribution in [-0.4, -0.2) is 16.9 Å². The van der Waals surface area contributed by atoms with E-state index in [4.69, 9.17) is 5.11 Å². The molecule has 100 valence electrons. The van der Waals surface area contributed by atoms with Crippen molar-refractivity contribution in [3.63, 3.8) is 0 Å². The molecule has 1 aliphatic rings. The van der Waals surface area contributed by atoms with E-state index in [1.807, 2.05) is 30.3 Å². The van der Waals surface area contributed by atoms with Crippen LogP contribution in [0.1, 0.15) is 49.7 Å². The lowest BCUT2D eigenvalue weighted by atomic mass is 9.91. The first-order valence-corrected chi connectivity index (χ1v) is 6.64. The molecule has 0 aliphatic heterocycles. The molecule has 3 heteroatoms. The van der Waals surface area contributed by atoms with Crippen molar-refractivity contribution in [1.29, 1.82) is 0 Å². The highest BCUT2D eigenvalue weighted by Crippen LogP contribution is 2.23. The molecule has 19 heavy (non-hydrogen) atoms. The first-order valence-electron chi connectivity index (χ1n) is 6.64. The molecule has 0 saturated heterocycles. The van der Waals surface area contributed by atoms with Gasteiger partial charge in [0.05, 0.1) is 5.92 Å². The van der Waals surface area contributed by atoms with E-state index in [9.17, 15) is 9.59 Å². The summed E-state index contributed by atoms with van der Waals surface area (Å²) in [4.78, 5) is 22.6. The average Bonchev–Trinajstić information content (AvgIpc) is 2.41. The number of hydrogen-bond acceptors (Lipinski definition) is 2. The molecule has 1 aromatic rings. The predicted octanol–water partition coefficient (Wildman–Crippen LogP) is 3.40. The number of ketones is 1. The van der Waals surface area contributed by atoms with E-state index >= 15 is 0 Å². The molecule has 0 bridgehead atoms. The van der Waals surface area contributed by atoms with E-state index in [0.717, 1.165) is 36.0 Å². The summed E-state index contributed by atoms with van der Waals surface area (Å²) < 4.78 is 0. The molecule has 3 nitrogen and oxygen atoms in total. The van der Waals surface area contributed by atoms with E-state index in [1.54, 1.807) is 6.92 Å². The third kappa shape index (κ3) is 3.31. The standard InChI is InChI=1S/C16H18O3/c1-11(16(18)19)13-8-6-12(7-9-13)10-14-4-2-3-5-15(14)17/h6-11H,2-5H2,1H3,(H,18,19)/b14-10-. The van der Waals surface area contributed by atoms with Crippen molar-refractivity contribution in [2.45, 2.75) is 38.5 Å². The Bertz CT molecular complexity index is 511. The van der Waals surface area contributed by atoms with Crippen LogP contribution in [0.4, 0.5) is 0 Å².